The molecule has 0 radical (unpaired) electrons. The predicted molar refractivity (Wildman–Crippen MR) is 120 cm³/mol. The second kappa shape index (κ2) is 8.12. The number of hydrogen-bond donors (Lipinski definition) is 1. The zero-order valence-electron chi connectivity index (χ0n) is 19.1. The fourth-order valence-corrected chi connectivity index (χ4v) is 6.70. The molecule has 3 fully saturated rings. The first-order valence-electron chi connectivity index (χ1n) is 12.1. The first kappa shape index (κ1) is 21.9. The topological polar surface area (TPSA) is 95.0 Å². The number of aromatic hydroxyl groups is 1. The third kappa shape index (κ3) is 3.15. The van der Waals surface area contributed by atoms with E-state index in [1.54, 1.807) is 18.2 Å². The Balaban J connectivity index is 1.61. The van der Waals surface area contributed by atoms with Gasteiger partial charge in [0.1, 0.15) is 5.75 Å². The Morgan fingerprint density at radius 2 is 1.48 bits per heavy atom. The molecule has 6 atom stereocenters. The number of fused-ring (bicyclic) bond motifs is 4. The molecular weight excluding hydrogens is 420 g/mol. The number of likely N-dealkylation sites (tertiary alicyclic amines) is 2. The van der Waals surface area contributed by atoms with Gasteiger partial charge in [-0.25, -0.2) is 0 Å². The van der Waals surface area contributed by atoms with E-state index in [1.807, 2.05) is 26.0 Å². The van der Waals surface area contributed by atoms with E-state index < -0.39 is 23.7 Å². The molecule has 2 heterocycles. The lowest BCUT2D eigenvalue weighted by Crippen LogP contribution is -2.43. The van der Waals surface area contributed by atoms with Crippen molar-refractivity contribution in [1.29, 1.82) is 0 Å². The van der Waals surface area contributed by atoms with Crippen LogP contribution in [0.25, 0.3) is 0 Å². The van der Waals surface area contributed by atoms with Crippen molar-refractivity contribution in [3.05, 3.63) is 41.5 Å². The molecule has 0 spiro atoms. The zero-order valence-corrected chi connectivity index (χ0v) is 19.1. The van der Waals surface area contributed by atoms with Gasteiger partial charge in [0.15, 0.2) is 0 Å². The maximum Gasteiger partial charge on any atom is 0.234 e. The molecule has 4 aliphatic rings. The number of hydrogen-bond acceptors (Lipinski definition) is 5. The SMILES string of the molecule is CCCN1C(=O)[C@H]2[C@H](CC=C3[C@H]2C[C@H]2C(=O)N(CCC)C(=O)[C@H]2[C@H]3c2cccc(O)c2)C1=O. The molecule has 0 bridgehead atoms. The summed E-state index contributed by atoms with van der Waals surface area (Å²) in [5, 5.41) is 10.2. The van der Waals surface area contributed by atoms with E-state index in [4.69, 9.17) is 0 Å². The lowest BCUT2D eigenvalue weighted by atomic mass is 9.57. The maximum atomic E-state index is 13.5. The minimum Gasteiger partial charge on any atom is -0.508 e. The smallest absolute Gasteiger partial charge is 0.234 e. The summed E-state index contributed by atoms with van der Waals surface area (Å²) >= 11 is 0. The summed E-state index contributed by atoms with van der Waals surface area (Å²) in [4.78, 5) is 55.9. The average Bonchev–Trinajstić information content (AvgIpc) is 3.18. The quantitative estimate of drug-likeness (QED) is 0.550. The van der Waals surface area contributed by atoms with Gasteiger partial charge >= 0.3 is 0 Å². The van der Waals surface area contributed by atoms with Crippen molar-refractivity contribution in [2.75, 3.05) is 13.1 Å². The van der Waals surface area contributed by atoms with Crippen LogP contribution >= 0.6 is 0 Å². The summed E-state index contributed by atoms with van der Waals surface area (Å²) in [5.74, 6) is -3.04. The molecule has 174 valence electrons. The number of carbonyl (C=O) groups excluding carboxylic acids is 4. The minimum atomic E-state index is -0.538. The first-order valence-corrected chi connectivity index (χ1v) is 12.1. The second-order valence-corrected chi connectivity index (χ2v) is 9.78. The van der Waals surface area contributed by atoms with Crippen molar-refractivity contribution in [2.24, 2.45) is 29.6 Å². The van der Waals surface area contributed by atoms with E-state index in [9.17, 15) is 24.3 Å². The number of imide groups is 2. The molecule has 1 saturated carbocycles. The van der Waals surface area contributed by atoms with Crippen LogP contribution in [0, 0.1) is 29.6 Å². The highest BCUT2D eigenvalue weighted by molar-refractivity contribution is 6.07. The van der Waals surface area contributed by atoms with Crippen molar-refractivity contribution < 1.29 is 24.3 Å². The summed E-state index contributed by atoms with van der Waals surface area (Å²) < 4.78 is 0. The molecule has 1 aromatic rings. The first-order chi connectivity index (χ1) is 15.9. The van der Waals surface area contributed by atoms with Crippen molar-refractivity contribution in [3.63, 3.8) is 0 Å². The number of phenols is 1. The summed E-state index contributed by atoms with van der Waals surface area (Å²) in [5.41, 5.74) is 1.75. The zero-order chi connectivity index (χ0) is 23.4. The number of phenolic OH excluding ortho intramolecular Hbond substituents is 1. The summed E-state index contributed by atoms with van der Waals surface area (Å²) in [6.07, 6.45) is 4.31. The number of allylic oxidation sites excluding steroid dienone is 2. The minimum absolute atomic E-state index is 0.101. The summed E-state index contributed by atoms with van der Waals surface area (Å²) in [6.45, 7) is 4.68. The van der Waals surface area contributed by atoms with Gasteiger partial charge in [0, 0.05) is 19.0 Å². The van der Waals surface area contributed by atoms with Gasteiger partial charge in [0.2, 0.25) is 23.6 Å². The Kier molecular flexibility index (Phi) is 5.38. The molecule has 7 heteroatoms. The largest absolute Gasteiger partial charge is 0.508 e. The van der Waals surface area contributed by atoms with Crippen molar-refractivity contribution >= 4 is 23.6 Å². The number of nitrogens with zero attached hydrogens (tertiary/aromatic N) is 2. The Bertz CT molecular complexity index is 1060. The number of carbonyl (C=O) groups is 4. The lowest BCUT2D eigenvalue weighted by molar-refractivity contribution is -0.142. The van der Waals surface area contributed by atoms with Crippen molar-refractivity contribution in [3.8, 4) is 5.75 Å². The highest BCUT2D eigenvalue weighted by atomic mass is 16.3. The standard InChI is InChI=1S/C26H30N2O5/c1-3-10-27-23(30)17-9-8-16-18(21(17)25(27)32)13-19-22(26(33)28(11-4-2)24(19)31)20(16)14-6-5-7-15(29)12-14/h5-8,12,17-22,29H,3-4,9-11,13H2,1-2H3/t17-,18+,19+,20-,21-,22+/m0/s1. The normalized spacial score (nSPS) is 33.2. The third-order valence-corrected chi connectivity index (χ3v) is 7.95. The number of benzene rings is 1. The van der Waals surface area contributed by atoms with Crippen LogP contribution in [-0.4, -0.2) is 51.6 Å². The summed E-state index contributed by atoms with van der Waals surface area (Å²) in [6, 6.07) is 6.86. The molecule has 2 aliphatic carbocycles. The fraction of sp³-hybridized carbons (Fsp3) is 0.538. The van der Waals surface area contributed by atoms with Crippen LogP contribution in [0.4, 0.5) is 0 Å². The maximum absolute atomic E-state index is 13.5. The van der Waals surface area contributed by atoms with E-state index in [-0.39, 0.29) is 41.2 Å². The second-order valence-electron chi connectivity index (χ2n) is 9.78. The molecule has 5 rings (SSSR count). The van der Waals surface area contributed by atoms with Gasteiger partial charge in [-0.3, -0.25) is 29.0 Å². The molecular formula is C26H30N2O5. The molecule has 33 heavy (non-hydrogen) atoms. The van der Waals surface area contributed by atoms with E-state index in [0.29, 0.717) is 38.8 Å². The van der Waals surface area contributed by atoms with E-state index in [0.717, 1.165) is 11.1 Å². The Hall–Kier alpha value is -2.96. The molecule has 1 N–H and O–H groups in total. The van der Waals surface area contributed by atoms with Crippen LogP contribution < -0.4 is 0 Å². The van der Waals surface area contributed by atoms with Gasteiger partial charge in [-0.15, -0.1) is 0 Å². The van der Waals surface area contributed by atoms with E-state index >= 15 is 0 Å². The van der Waals surface area contributed by atoms with Crippen LogP contribution in [0.15, 0.2) is 35.9 Å². The van der Waals surface area contributed by atoms with Gasteiger partial charge < -0.3 is 5.11 Å². The molecule has 1 aromatic carbocycles. The van der Waals surface area contributed by atoms with E-state index in [2.05, 4.69) is 0 Å². The van der Waals surface area contributed by atoms with Crippen LogP contribution in [-0.2, 0) is 19.2 Å². The lowest BCUT2D eigenvalue weighted by Gasteiger charge is -2.44. The molecule has 7 nitrogen and oxygen atoms in total. The van der Waals surface area contributed by atoms with E-state index in [1.165, 1.54) is 9.80 Å². The van der Waals surface area contributed by atoms with Crippen LogP contribution in [0.2, 0.25) is 0 Å². The van der Waals surface area contributed by atoms with Gasteiger partial charge in [-0.1, -0.05) is 37.6 Å². The van der Waals surface area contributed by atoms with Crippen molar-refractivity contribution in [1.82, 2.24) is 9.80 Å². The van der Waals surface area contributed by atoms with Gasteiger partial charge in [-0.05, 0) is 49.3 Å². The highest BCUT2D eigenvalue weighted by Gasteiger charge is 2.61. The third-order valence-electron chi connectivity index (χ3n) is 7.95. The average molecular weight is 451 g/mol. The Morgan fingerprint density at radius 1 is 0.848 bits per heavy atom. The van der Waals surface area contributed by atoms with Crippen LogP contribution in [0.3, 0.4) is 0 Å². The molecule has 2 saturated heterocycles. The fourth-order valence-electron chi connectivity index (χ4n) is 6.70. The van der Waals surface area contributed by atoms with Gasteiger partial charge in [0.05, 0.1) is 23.7 Å². The van der Waals surface area contributed by atoms with Gasteiger partial charge in [-0.2, -0.15) is 0 Å². The Morgan fingerprint density at radius 3 is 2.12 bits per heavy atom. The molecule has 0 aromatic heterocycles. The predicted octanol–water partition coefficient (Wildman–Crippen LogP) is 2.85. The van der Waals surface area contributed by atoms with Gasteiger partial charge in [0.25, 0.3) is 0 Å². The van der Waals surface area contributed by atoms with Crippen LogP contribution in [0.5, 0.6) is 5.75 Å². The van der Waals surface area contributed by atoms with Crippen LogP contribution in [0.1, 0.15) is 51.0 Å². The summed E-state index contributed by atoms with van der Waals surface area (Å²) in [7, 11) is 0. The monoisotopic (exact) mass is 450 g/mol. The Labute approximate surface area is 193 Å². The number of rotatable bonds is 5. The molecule has 2 aliphatic heterocycles. The molecule has 4 amide bonds. The highest BCUT2D eigenvalue weighted by Crippen LogP contribution is 2.58. The molecule has 0 unspecified atom stereocenters. The van der Waals surface area contributed by atoms with Crippen molar-refractivity contribution in [2.45, 2.75) is 45.4 Å². The number of amides is 4.